The number of fused-ring (bicyclic) bond motifs is 2. The van der Waals surface area contributed by atoms with E-state index in [1.807, 2.05) is 0 Å². The van der Waals surface area contributed by atoms with Gasteiger partial charge in [-0.05, 0) is 42.2 Å². The van der Waals surface area contributed by atoms with E-state index in [4.69, 9.17) is 0 Å². The summed E-state index contributed by atoms with van der Waals surface area (Å²) < 4.78 is 28.5. The molecule has 4 nitrogen and oxygen atoms in total. The minimum Gasteiger partial charge on any atom is -0.394 e. The van der Waals surface area contributed by atoms with Gasteiger partial charge in [0, 0.05) is 0 Å². The molecule has 2 N–H and O–H groups in total. The van der Waals surface area contributed by atoms with Crippen LogP contribution >= 0.6 is 0 Å². The molecule has 2 unspecified atom stereocenters. The highest BCUT2D eigenvalue weighted by Gasteiger charge is 2.57. The molecule has 1 fully saturated rings. The first-order valence-corrected chi connectivity index (χ1v) is 8.66. The lowest BCUT2D eigenvalue weighted by atomic mass is 9.65. The molecule has 26 heavy (non-hydrogen) atoms. The zero-order valence-corrected chi connectivity index (χ0v) is 14.0. The van der Waals surface area contributed by atoms with Crippen molar-refractivity contribution in [1.82, 2.24) is 0 Å². The second kappa shape index (κ2) is 6.14. The number of hydrogen-bond donors (Lipinski definition) is 2. The number of hydrogen-bond acceptors (Lipinski definition) is 3. The van der Waals surface area contributed by atoms with Gasteiger partial charge in [-0.1, -0.05) is 30.7 Å². The summed E-state index contributed by atoms with van der Waals surface area (Å²) in [5.74, 6) is -1.40. The van der Waals surface area contributed by atoms with E-state index in [2.05, 4.69) is 0 Å². The Balaban J connectivity index is 1.91. The van der Waals surface area contributed by atoms with Crippen LogP contribution in [0.4, 0.5) is 14.5 Å². The van der Waals surface area contributed by atoms with Crippen molar-refractivity contribution >= 4 is 11.6 Å². The first-order valence-electron chi connectivity index (χ1n) is 8.66. The number of aliphatic hydroxyl groups excluding tert-OH is 2. The molecule has 1 heterocycles. The van der Waals surface area contributed by atoms with E-state index in [-0.39, 0.29) is 11.6 Å². The van der Waals surface area contributed by atoms with Crippen molar-refractivity contribution in [2.24, 2.45) is 0 Å². The first-order chi connectivity index (χ1) is 12.5. The predicted molar refractivity (Wildman–Crippen MR) is 91.6 cm³/mol. The van der Waals surface area contributed by atoms with E-state index in [1.165, 1.54) is 29.2 Å². The lowest BCUT2D eigenvalue weighted by molar-refractivity contribution is -0.127. The summed E-state index contributed by atoms with van der Waals surface area (Å²) >= 11 is 0. The van der Waals surface area contributed by atoms with Gasteiger partial charge in [-0.25, -0.2) is 8.78 Å². The number of aliphatic hydroxyl groups is 2. The monoisotopic (exact) mass is 359 g/mol. The second-order valence-electron chi connectivity index (χ2n) is 7.00. The molecular weight excluding hydrogens is 340 g/mol. The Hall–Kier alpha value is -2.31. The maximum absolute atomic E-state index is 14.7. The third-order valence-electron chi connectivity index (χ3n) is 5.60. The fourth-order valence-electron chi connectivity index (χ4n) is 4.21. The topological polar surface area (TPSA) is 60.8 Å². The number of nitrogens with zero attached hydrogens (tertiary/aromatic N) is 1. The summed E-state index contributed by atoms with van der Waals surface area (Å²) in [7, 11) is 0. The Morgan fingerprint density at radius 1 is 1.15 bits per heavy atom. The van der Waals surface area contributed by atoms with Crippen molar-refractivity contribution < 1.29 is 23.8 Å². The molecule has 1 saturated carbocycles. The average Bonchev–Trinajstić information content (AvgIpc) is 2.85. The van der Waals surface area contributed by atoms with Crippen LogP contribution in [0.3, 0.4) is 0 Å². The SMILES string of the molecule is O=C1N(C(c2cccc(F)c2)C(O)CO)c2c(F)cccc2C12CCC2. The summed E-state index contributed by atoms with van der Waals surface area (Å²) in [5, 5.41) is 20.0. The molecule has 2 atom stereocenters. The first kappa shape index (κ1) is 17.1. The van der Waals surface area contributed by atoms with Crippen LogP contribution in [0.2, 0.25) is 0 Å². The maximum Gasteiger partial charge on any atom is 0.238 e. The van der Waals surface area contributed by atoms with Crippen LogP contribution in [0.25, 0.3) is 0 Å². The van der Waals surface area contributed by atoms with Crippen LogP contribution < -0.4 is 4.90 Å². The van der Waals surface area contributed by atoms with Crippen molar-refractivity contribution in [3.8, 4) is 0 Å². The molecule has 136 valence electrons. The fourth-order valence-corrected chi connectivity index (χ4v) is 4.21. The van der Waals surface area contributed by atoms with Crippen LogP contribution in [-0.4, -0.2) is 28.8 Å². The van der Waals surface area contributed by atoms with Crippen LogP contribution in [0.15, 0.2) is 42.5 Å². The summed E-state index contributed by atoms with van der Waals surface area (Å²) in [6, 6.07) is 8.98. The predicted octanol–water partition coefficient (Wildman–Crippen LogP) is 2.83. The van der Waals surface area contributed by atoms with Gasteiger partial charge in [0.1, 0.15) is 17.7 Å². The zero-order chi connectivity index (χ0) is 18.5. The third-order valence-corrected chi connectivity index (χ3v) is 5.60. The van der Waals surface area contributed by atoms with Gasteiger partial charge < -0.3 is 10.2 Å². The van der Waals surface area contributed by atoms with Gasteiger partial charge in [0.2, 0.25) is 5.91 Å². The van der Waals surface area contributed by atoms with E-state index in [9.17, 15) is 23.8 Å². The van der Waals surface area contributed by atoms with Gasteiger partial charge in [0.25, 0.3) is 0 Å². The standard InChI is InChI=1S/C20H19F2NO3/c21-13-5-1-4-12(10-13)17(16(25)11-24)23-18-14(6-2-7-15(18)22)20(19(23)26)8-3-9-20/h1-2,4-7,10,16-17,24-25H,3,8-9,11H2. The summed E-state index contributed by atoms with van der Waals surface area (Å²) in [6.07, 6.45) is 0.722. The summed E-state index contributed by atoms with van der Waals surface area (Å²) in [6.45, 7) is -0.637. The van der Waals surface area contributed by atoms with Gasteiger partial charge in [-0.15, -0.1) is 0 Å². The number of amides is 1. The van der Waals surface area contributed by atoms with Crippen LogP contribution in [0.5, 0.6) is 0 Å². The molecule has 6 heteroatoms. The Kier molecular flexibility index (Phi) is 4.04. The minimum atomic E-state index is -1.37. The normalized spacial score (nSPS) is 20.0. The lowest BCUT2D eigenvalue weighted by Gasteiger charge is -2.39. The number of benzene rings is 2. The largest absolute Gasteiger partial charge is 0.394 e. The van der Waals surface area contributed by atoms with E-state index in [0.717, 1.165) is 6.42 Å². The van der Waals surface area contributed by atoms with Crippen LogP contribution in [0.1, 0.15) is 36.4 Å². The van der Waals surface area contributed by atoms with E-state index >= 15 is 0 Å². The number of carbonyl (C=O) groups is 1. The minimum absolute atomic E-state index is 0.124. The number of carbonyl (C=O) groups excluding carboxylic acids is 1. The molecule has 1 aliphatic heterocycles. The lowest BCUT2D eigenvalue weighted by Crippen LogP contribution is -2.49. The molecule has 0 radical (unpaired) electrons. The van der Waals surface area contributed by atoms with Crippen molar-refractivity contribution in [2.45, 2.75) is 36.8 Å². The number of para-hydroxylation sites is 1. The highest BCUT2D eigenvalue weighted by Crippen LogP contribution is 2.56. The highest BCUT2D eigenvalue weighted by atomic mass is 19.1. The summed E-state index contributed by atoms with van der Waals surface area (Å²) in [5.41, 5.74) is 0.266. The Labute approximate surface area is 149 Å². The van der Waals surface area contributed by atoms with Crippen molar-refractivity contribution in [2.75, 3.05) is 11.5 Å². The summed E-state index contributed by atoms with van der Waals surface area (Å²) in [4.78, 5) is 14.5. The average molecular weight is 359 g/mol. The quantitative estimate of drug-likeness (QED) is 0.883. The van der Waals surface area contributed by atoms with Crippen molar-refractivity contribution in [3.63, 3.8) is 0 Å². The molecular formula is C20H19F2NO3. The number of halogens is 2. The Bertz CT molecular complexity index is 866. The molecule has 1 spiro atoms. The smallest absolute Gasteiger partial charge is 0.238 e. The highest BCUT2D eigenvalue weighted by molar-refractivity contribution is 6.09. The molecule has 2 aromatic rings. The molecule has 1 aliphatic carbocycles. The van der Waals surface area contributed by atoms with Gasteiger partial charge >= 0.3 is 0 Å². The fraction of sp³-hybridized carbons (Fsp3) is 0.350. The second-order valence-corrected chi connectivity index (χ2v) is 7.00. The molecule has 0 aromatic heterocycles. The molecule has 4 rings (SSSR count). The molecule has 2 aromatic carbocycles. The maximum atomic E-state index is 14.7. The van der Waals surface area contributed by atoms with Crippen LogP contribution in [0, 0.1) is 11.6 Å². The van der Waals surface area contributed by atoms with Gasteiger partial charge in [0.15, 0.2) is 0 Å². The van der Waals surface area contributed by atoms with Crippen LogP contribution in [-0.2, 0) is 10.2 Å². The molecule has 0 saturated heterocycles. The van der Waals surface area contributed by atoms with Crippen molar-refractivity contribution in [1.29, 1.82) is 0 Å². The van der Waals surface area contributed by atoms with E-state index < -0.39 is 35.8 Å². The van der Waals surface area contributed by atoms with Gasteiger partial charge in [0.05, 0.1) is 23.8 Å². The van der Waals surface area contributed by atoms with Gasteiger partial charge in [-0.2, -0.15) is 0 Å². The number of anilines is 1. The van der Waals surface area contributed by atoms with Gasteiger partial charge in [-0.3, -0.25) is 9.69 Å². The Morgan fingerprint density at radius 2 is 1.88 bits per heavy atom. The molecule has 2 aliphatic rings. The van der Waals surface area contributed by atoms with E-state index in [1.54, 1.807) is 18.2 Å². The molecule has 0 bridgehead atoms. The molecule has 1 amide bonds. The zero-order valence-electron chi connectivity index (χ0n) is 14.0. The van der Waals surface area contributed by atoms with Crippen molar-refractivity contribution in [3.05, 3.63) is 65.2 Å². The van der Waals surface area contributed by atoms with E-state index in [0.29, 0.717) is 24.0 Å². The Morgan fingerprint density at radius 3 is 2.50 bits per heavy atom. The third kappa shape index (κ3) is 2.29. The number of rotatable bonds is 4.